The Labute approximate surface area is 106 Å². The van der Waals surface area contributed by atoms with Crippen LogP contribution < -0.4 is 9.47 Å². The van der Waals surface area contributed by atoms with Crippen molar-refractivity contribution in [3.05, 3.63) is 29.8 Å². The van der Waals surface area contributed by atoms with Gasteiger partial charge in [-0.05, 0) is 24.6 Å². The van der Waals surface area contributed by atoms with E-state index in [2.05, 4.69) is 0 Å². The van der Waals surface area contributed by atoms with Gasteiger partial charge >= 0.3 is 5.97 Å². The first kappa shape index (κ1) is 15.3. The normalized spacial score (nSPS) is 10.4. The van der Waals surface area contributed by atoms with Crippen molar-refractivity contribution in [1.82, 2.24) is 0 Å². The molecule has 0 aliphatic carbocycles. The summed E-state index contributed by atoms with van der Waals surface area (Å²) in [6.07, 6.45) is 1.14. The fraction of sp³-hybridized carbons (Fsp3) is 0.250. The predicted molar refractivity (Wildman–Crippen MR) is 68.1 cm³/mol. The lowest BCUT2D eigenvalue weighted by Gasteiger charge is -2.10. The van der Waals surface area contributed by atoms with E-state index in [1.54, 1.807) is 32.2 Å². The zero-order valence-electron chi connectivity index (χ0n) is 9.89. The zero-order chi connectivity index (χ0) is 12.1. The molecule has 0 radical (unpaired) electrons. The molecule has 0 saturated carbocycles. The lowest BCUT2D eigenvalue weighted by molar-refractivity contribution is -0.131. The van der Waals surface area contributed by atoms with Gasteiger partial charge in [-0.25, -0.2) is 4.79 Å². The van der Waals surface area contributed by atoms with Gasteiger partial charge in [-0.3, -0.25) is 0 Å². The first-order valence-electron chi connectivity index (χ1n) is 4.72. The van der Waals surface area contributed by atoms with Crippen LogP contribution in [-0.2, 0) is 4.79 Å². The molecule has 17 heavy (non-hydrogen) atoms. The molecule has 0 amide bonds. The van der Waals surface area contributed by atoms with Crippen LogP contribution in [0.1, 0.15) is 12.5 Å². The van der Waals surface area contributed by atoms with E-state index in [9.17, 15) is 4.79 Å². The maximum Gasteiger partial charge on any atom is 0.328 e. The van der Waals surface area contributed by atoms with Crippen LogP contribution in [-0.4, -0.2) is 25.3 Å². The Morgan fingerprint density at radius 1 is 1.29 bits per heavy atom. The first-order chi connectivity index (χ1) is 7.58. The molecule has 0 atom stereocenters. The number of rotatable bonds is 4. The van der Waals surface area contributed by atoms with Crippen LogP contribution in [0.25, 0.3) is 5.57 Å². The van der Waals surface area contributed by atoms with Gasteiger partial charge in [0.2, 0.25) is 0 Å². The number of carbonyl (C=O) groups is 1. The minimum Gasteiger partial charge on any atom is -0.497 e. The quantitative estimate of drug-likeness (QED) is 0.844. The summed E-state index contributed by atoms with van der Waals surface area (Å²) in [6, 6.07) is 5.25. The zero-order valence-corrected chi connectivity index (χ0v) is 10.7. The highest BCUT2D eigenvalue weighted by atomic mass is 35.5. The second kappa shape index (κ2) is 6.81. The molecule has 0 spiro atoms. The molecule has 0 heterocycles. The molecule has 1 aromatic carbocycles. The molecule has 94 valence electrons. The molecule has 0 aliphatic heterocycles. The third-order valence-corrected chi connectivity index (χ3v) is 2.17. The van der Waals surface area contributed by atoms with Crippen LogP contribution in [0.4, 0.5) is 0 Å². The van der Waals surface area contributed by atoms with Crippen molar-refractivity contribution < 1.29 is 19.4 Å². The highest BCUT2D eigenvalue weighted by molar-refractivity contribution is 5.90. The molecule has 1 N–H and O–H groups in total. The molecule has 0 unspecified atom stereocenters. The minimum absolute atomic E-state index is 0. The van der Waals surface area contributed by atoms with Gasteiger partial charge in [0.1, 0.15) is 11.5 Å². The Morgan fingerprint density at radius 3 is 2.41 bits per heavy atom. The van der Waals surface area contributed by atoms with E-state index < -0.39 is 5.97 Å². The summed E-state index contributed by atoms with van der Waals surface area (Å²) in [5, 5.41) is 8.67. The molecule has 5 heteroatoms. The molecule has 0 saturated heterocycles. The van der Waals surface area contributed by atoms with Gasteiger partial charge in [-0.15, -0.1) is 12.4 Å². The summed E-state index contributed by atoms with van der Waals surface area (Å²) in [6.45, 7) is 1.72. The van der Waals surface area contributed by atoms with Crippen LogP contribution in [0.3, 0.4) is 0 Å². The van der Waals surface area contributed by atoms with Crippen LogP contribution in [0.5, 0.6) is 11.5 Å². The van der Waals surface area contributed by atoms with E-state index >= 15 is 0 Å². The number of allylic oxidation sites excluding steroid dienone is 1. The summed E-state index contributed by atoms with van der Waals surface area (Å²) in [7, 11) is 3.10. The van der Waals surface area contributed by atoms with E-state index in [0.29, 0.717) is 17.1 Å². The fourth-order valence-corrected chi connectivity index (χ4v) is 1.39. The fourth-order valence-electron chi connectivity index (χ4n) is 1.39. The predicted octanol–water partition coefficient (Wildman–Crippen LogP) is 2.61. The average molecular weight is 259 g/mol. The van der Waals surface area contributed by atoms with Gasteiger partial charge in [0, 0.05) is 17.7 Å². The standard InChI is InChI=1S/C12H14O4.ClH/c1-8(6-12(13)14)10-5-4-9(15-2)7-11(10)16-3;/h4-7H,1-3H3,(H,13,14);1H. The largest absolute Gasteiger partial charge is 0.497 e. The van der Waals surface area contributed by atoms with Gasteiger partial charge in [-0.1, -0.05) is 0 Å². The third kappa shape index (κ3) is 4.00. The molecule has 0 aromatic heterocycles. The van der Waals surface area contributed by atoms with E-state index in [1.165, 1.54) is 7.11 Å². The second-order valence-electron chi connectivity index (χ2n) is 3.23. The molecule has 0 bridgehead atoms. The number of halogens is 1. The summed E-state index contributed by atoms with van der Waals surface area (Å²) in [4.78, 5) is 10.6. The number of carboxylic acids is 1. The van der Waals surface area contributed by atoms with Crippen LogP contribution in [0.2, 0.25) is 0 Å². The lowest BCUT2D eigenvalue weighted by atomic mass is 10.1. The molecule has 4 nitrogen and oxygen atoms in total. The van der Waals surface area contributed by atoms with E-state index in [0.717, 1.165) is 11.6 Å². The topological polar surface area (TPSA) is 55.8 Å². The molecular weight excluding hydrogens is 244 g/mol. The monoisotopic (exact) mass is 258 g/mol. The summed E-state index contributed by atoms with van der Waals surface area (Å²) < 4.78 is 10.2. The summed E-state index contributed by atoms with van der Waals surface area (Å²) in [5.74, 6) is 0.286. The van der Waals surface area contributed by atoms with Crippen molar-refractivity contribution >= 4 is 23.9 Å². The number of benzene rings is 1. The highest BCUT2D eigenvalue weighted by Gasteiger charge is 2.07. The van der Waals surface area contributed by atoms with Crippen molar-refractivity contribution in [3.8, 4) is 11.5 Å². The van der Waals surface area contributed by atoms with Crippen LogP contribution in [0.15, 0.2) is 24.3 Å². The van der Waals surface area contributed by atoms with Gasteiger partial charge in [0.05, 0.1) is 14.2 Å². The van der Waals surface area contributed by atoms with Crippen molar-refractivity contribution in [1.29, 1.82) is 0 Å². The Bertz CT molecular complexity index is 427. The number of carboxylic acid groups (broad SMARTS) is 1. The molecule has 0 fully saturated rings. The Hall–Kier alpha value is -1.68. The Morgan fingerprint density at radius 2 is 1.94 bits per heavy atom. The molecule has 0 aliphatic rings. The highest BCUT2D eigenvalue weighted by Crippen LogP contribution is 2.29. The molecule has 1 aromatic rings. The lowest BCUT2D eigenvalue weighted by Crippen LogP contribution is -1.94. The van der Waals surface area contributed by atoms with Gasteiger partial charge < -0.3 is 14.6 Å². The summed E-state index contributed by atoms with van der Waals surface area (Å²) in [5.41, 5.74) is 1.37. The van der Waals surface area contributed by atoms with Crippen molar-refractivity contribution in [2.75, 3.05) is 14.2 Å². The van der Waals surface area contributed by atoms with Crippen molar-refractivity contribution in [2.45, 2.75) is 6.92 Å². The number of hydrogen-bond acceptors (Lipinski definition) is 3. The molecule has 1 rings (SSSR count). The van der Waals surface area contributed by atoms with E-state index in [4.69, 9.17) is 14.6 Å². The van der Waals surface area contributed by atoms with Crippen molar-refractivity contribution in [3.63, 3.8) is 0 Å². The molecular formula is C12H15ClO4. The Kier molecular flexibility index (Phi) is 6.13. The smallest absolute Gasteiger partial charge is 0.328 e. The van der Waals surface area contributed by atoms with Gasteiger partial charge in [0.25, 0.3) is 0 Å². The number of ether oxygens (including phenoxy) is 2. The van der Waals surface area contributed by atoms with Crippen LogP contribution in [0, 0.1) is 0 Å². The number of aliphatic carboxylic acids is 1. The maximum absolute atomic E-state index is 10.6. The van der Waals surface area contributed by atoms with Gasteiger partial charge in [-0.2, -0.15) is 0 Å². The summed E-state index contributed by atoms with van der Waals surface area (Å²) >= 11 is 0. The van der Waals surface area contributed by atoms with E-state index in [-0.39, 0.29) is 12.4 Å². The maximum atomic E-state index is 10.6. The number of methoxy groups -OCH3 is 2. The average Bonchev–Trinajstić information content (AvgIpc) is 2.27. The van der Waals surface area contributed by atoms with E-state index in [1.807, 2.05) is 0 Å². The third-order valence-electron chi connectivity index (χ3n) is 2.17. The Balaban J connectivity index is 0.00000256. The van der Waals surface area contributed by atoms with Crippen LogP contribution >= 0.6 is 12.4 Å². The van der Waals surface area contributed by atoms with Gasteiger partial charge in [0.15, 0.2) is 0 Å². The second-order valence-corrected chi connectivity index (χ2v) is 3.23. The SMILES string of the molecule is COc1ccc(C(C)=CC(=O)O)c(OC)c1.Cl. The first-order valence-corrected chi connectivity index (χ1v) is 4.72. The van der Waals surface area contributed by atoms with Crippen molar-refractivity contribution in [2.24, 2.45) is 0 Å². The minimum atomic E-state index is -0.977. The number of hydrogen-bond donors (Lipinski definition) is 1.